The predicted octanol–water partition coefficient (Wildman–Crippen LogP) is 6.41. The smallest absolute Gasteiger partial charge is 0.336 e. The molecule has 0 unspecified atom stereocenters. The minimum Gasteiger partial charge on any atom is -0.495 e. The lowest BCUT2D eigenvalue weighted by Gasteiger charge is -2.28. The second kappa shape index (κ2) is 11.3. The average molecular weight is 577 g/mol. The van der Waals surface area contributed by atoms with E-state index in [0.717, 1.165) is 21.2 Å². The largest absolute Gasteiger partial charge is 0.495 e. The summed E-state index contributed by atoms with van der Waals surface area (Å²) < 4.78 is 16.8. The summed E-state index contributed by atoms with van der Waals surface area (Å²) in [6.07, 6.45) is 1.42. The number of benzene rings is 4. The highest BCUT2D eigenvalue weighted by molar-refractivity contribution is 6.40. The monoisotopic (exact) mass is 576 g/mol. The van der Waals surface area contributed by atoms with Crippen LogP contribution in [0.5, 0.6) is 17.2 Å². The molecule has 5 rings (SSSR count). The van der Waals surface area contributed by atoms with E-state index < -0.39 is 17.8 Å². The Hall–Kier alpha value is -4.53. The summed E-state index contributed by atoms with van der Waals surface area (Å²) in [7, 11) is 2.77. The number of ether oxygens (including phenoxy) is 3. The quantitative estimate of drug-likeness (QED) is 0.202. The number of carbonyl (C=O) groups excluding carboxylic acids is 3. The van der Waals surface area contributed by atoms with E-state index in [1.807, 2.05) is 48.5 Å². The zero-order valence-corrected chi connectivity index (χ0v) is 22.9. The van der Waals surface area contributed by atoms with Crippen LogP contribution in [0.15, 0.2) is 78.4 Å². The molecule has 0 spiro atoms. The lowest BCUT2D eigenvalue weighted by molar-refractivity contribution is -0.122. The van der Waals surface area contributed by atoms with Crippen molar-refractivity contribution in [2.75, 3.05) is 19.1 Å². The van der Waals surface area contributed by atoms with Gasteiger partial charge in [-0.1, -0.05) is 71.7 Å². The Bertz CT molecular complexity index is 1700. The lowest BCUT2D eigenvalue weighted by atomic mass is 9.99. The Morgan fingerprint density at radius 1 is 0.825 bits per heavy atom. The molecule has 1 heterocycles. The van der Waals surface area contributed by atoms with Gasteiger partial charge in [0.2, 0.25) is 0 Å². The van der Waals surface area contributed by atoms with Crippen LogP contribution in [0, 0.1) is 0 Å². The molecule has 1 fully saturated rings. The van der Waals surface area contributed by atoms with Gasteiger partial charge in [0.25, 0.3) is 11.8 Å². The third-order valence-corrected chi connectivity index (χ3v) is 7.02. The van der Waals surface area contributed by atoms with Crippen LogP contribution < -0.4 is 24.4 Å². The molecular weight excluding hydrogens is 555 g/mol. The molecule has 0 bridgehead atoms. The molecule has 1 saturated heterocycles. The first kappa shape index (κ1) is 27.1. The summed E-state index contributed by atoms with van der Waals surface area (Å²) in [6, 6.07) is 20.3. The van der Waals surface area contributed by atoms with Crippen molar-refractivity contribution in [2.24, 2.45) is 0 Å². The topological polar surface area (TPSA) is 94.2 Å². The molecule has 202 valence electrons. The highest BCUT2D eigenvalue weighted by Gasteiger charge is 2.39. The number of rotatable bonds is 7. The van der Waals surface area contributed by atoms with E-state index in [9.17, 15) is 14.4 Å². The number of hydrogen-bond donors (Lipinski definition) is 1. The molecule has 0 aliphatic carbocycles. The highest BCUT2D eigenvalue weighted by atomic mass is 35.5. The second-order valence-corrected chi connectivity index (χ2v) is 9.51. The molecule has 4 aromatic carbocycles. The number of anilines is 1. The second-order valence-electron chi connectivity index (χ2n) is 8.70. The number of imide groups is 2. The molecule has 0 atom stereocenters. The van der Waals surface area contributed by atoms with Crippen LogP contribution in [0.2, 0.25) is 10.0 Å². The minimum absolute atomic E-state index is 0.0535. The number of halogens is 2. The Kier molecular flexibility index (Phi) is 7.64. The van der Waals surface area contributed by atoms with E-state index in [2.05, 4.69) is 5.32 Å². The first-order chi connectivity index (χ1) is 19.3. The molecular formula is C30H22Cl2N2O6. The van der Waals surface area contributed by atoms with Gasteiger partial charge in [0.15, 0.2) is 0 Å². The maximum atomic E-state index is 13.8. The van der Waals surface area contributed by atoms with Crippen molar-refractivity contribution in [3.8, 4) is 17.2 Å². The zero-order valence-electron chi connectivity index (χ0n) is 21.4. The molecule has 1 aliphatic heterocycles. The van der Waals surface area contributed by atoms with Gasteiger partial charge in [0, 0.05) is 28.3 Å². The molecule has 0 aromatic heterocycles. The van der Waals surface area contributed by atoms with Gasteiger partial charge in [-0.2, -0.15) is 0 Å². The van der Waals surface area contributed by atoms with Crippen molar-refractivity contribution in [1.82, 2.24) is 5.32 Å². The predicted molar refractivity (Wildman–Crippen MR) is 153 cm³/mol. The maximum Gasteiger partial charge on any atom is 0.336 e. The van der Waals surface area contributed by atoms with Crippen LogP contribution >= 0.6 is 23.2 Å². The van der Waals surface area contributed by atoms with Crippen molar-refractivity contribution < 1.29 is 28.6 Å². The number of nitrogens with zero attached hydrogens (tertiary/aromatic N) is 1. The average Bonchev–Trinajstić information content (AvgIpc) is 2.95. The van der Waals surface area contributed by atoms with Gasteiger partial charge in [-0.15, -0.1) is 0 Å². The summed E-state index contributed by atoms with van der Waals surface area (Å²) in [5.74, 6) is -0.944. The fourth-order valence-corrected chi connectivity index (χ4v) is 4.78. The number of hydrogen-bond acceptors (Lipinski definition) is 6. The van der Waals surface area contributed by atoms with Gasteiger partial charge in [-0.3, -0.25) is 14.9 Å². The van der Waals surface area contributed by atoms with Gasteiger partial charge in [0.1, 0.15) is 29.4 Å². The van der Waals surface area contributed by atoms with Crippen LogP contribution in [0.25, 0.3) is 16.8 Å². The van der Waals surface area contributed by atoms with Gasteiger partial charge in [-0.05, 0) is 29.0 Å². The summed E-state index contributed by atoms with van der Waals surface area (Å²) in [5.41, 5.74) is 1.02. The summed E-state index contributed by atoms with van der Waals surface area (Å²) in [4.78, 5) is 40.5. The summed E-state index contributed by atoms with van der Waals surface area (Å²) in [5, 5.41) is 4.60. The summed E-state index contributed by atoms with van der Waals surface area (Å²) in [6.45, 7) is 0.153. The fourth-order valence-electron chi connectivity index (χ4n) is 4.36. The third-order valence-electron chi connectivity index (χ3n) is 6.36. The van der Waals surface area contributed by atoms with E-state index in [4.69, 9.17) is 37.4 Å². The van der Waals surface area contributed by atoms with E-state index in [-0.39, 0.29) is 34.4 Å². The Morgan fingerprint density at radius 2 is 1.55 bits per heavy atom. The third kappa shape index (κ3) is 5.06. The SMILES string of the molecule is COc1cc(N2C(=O)NC(=O)/C(=C\c3c(OCc4ccccc4Cl)ccc4ccccc34)C2=O)c(OC)cc1Cl. The first-order valence-corrected chi connectivity index (χ1v) is 12.8. The van der Waals surface area contributed by atoms with Crippen LogP contribution in [0.4, 0.5) is 10.5 Å². The van der Waals surface area contributed by atoms with Crippen molar-refractivity contribution in [3.05, 3.63) is 99.5 Å². The maximum absolute atomic E-state index is 13.8. The minimum atomic E-state index is -0.942. The van der Waals surface area contributed by atoms with Crippen molar-refractivity contribution in [2.45, 2.75) is 6.61 Å². The molecule has 4 aromatic rings. The first-order valence-electron chi connectivity index (χ1n) is 12.0. The number of barbiturate groups is 1. The normalized spacial score (nSPS) is 14.4. The number of urea groups is 1. The Balaban J connectivity index is 1.62. The van der Waals surface area contributed by atoms with Crippen molar-refractivity contribution >= 4 is 63.6 Å². The molecule has 1 N–H and O–H groups in total. The van der Waals surface area contributed by atoms with E-state index in [1.165, 1.54) is 32.4 Å². The van der Waals surface area contributed by atoms with Crippen LogP contribution in [-0.2, 0) is 16.2 Å². The number of fused-ring (bicyclic) bond motifs is 1. The zero-order chi connectivity index (χ0) is 28.4. The number of nitrogens with one attached hydrogen (secondary N) is 1. The Labute approximate surface area is 239 Å². The Morgan fingerprint density at radius 3 is 2.30 bits per heavy atom. The molecule has 40 heavy (non-hydrogen) atoms. The number of carbonyl (C=O) groups is 3. The van der Waals surface area contributed by atoms with E-state index >= 15 is 0 Å². The molecule has 8 nitrogen and oxygen atoms in total. The van der Waals surface area contributed by atoms with Gasteiger partial charge in [0.05, 0.1) is 24.9 Å². The highest BCUT2D eigenvalue weighted by Crippen LogP contribution is 2.40. The van der Waals surface area contributed by atoms with Gasteiger partial charge >= 0.3 is 6.03 Å². The fraction of sp³-hybridized carbons (Fsp3) is 0.100. The molecule has 1 aliphatic rings. The van der Waals surface area contributed by atoms with Crippen LogP contribution in [0.3, 0.4) is 0 Å². The van der Waals surface area contributed by atoms with Crippen molar-refractivity contribution in [3.63, 3.8) is 0 Å². The van der Waals surface area contributed by atoms with Crippen LogP contribution in [-0.4, -0.2) is 32.1 Å². The molecule has 10 heteroatoms. The number of methoxy groups -OCH3 is 2. The summed E-state index contributed by atoms with van der Waals surface area (Å²) >= 11 is 12.5. The van der Waals surface area contributed by atoms with Gasteiger partial charge in [-0.25, -0.2) is 9.69 Å². The number of amides is 4. The molecule has 4 amide bonds. The molecule has 0 radical (unpaired) electrons. The lowest BCUT2D eigenvalue weighted by Crippen LogP contribution is -2.54. The molecule has 0 saturated carbocycles. The standard InChI is InChI=1S/C30H22Cl2N2O6/c1-38-26-15-24(27(39-2)14-23(26)32)34-29(36)21(28(35)33-30(34)37)13-20-19-9-5-3-7-17(19)11-12-25(20)40-16-18-8-4-6-10-22(18)31/h3-15H,16H2,1-2H3,(H,33,35,37)/b21-13+. The van der Waals surface area contributed by atoms with Crippen molar-refractivity contribution in [1.29, 1.82) is 0 Å². The van der Waals surface area contributed by atoms with E-state index in [0.29, 0.717) is 16.3 Å². The van der Waals surface area contributed by atoms with Crippen LogP contribution in [0.1, 0.15) is 11.1 Å². The van der Waals surface area contributed by atoms with E-state index in [1.54, 1.807) is 12.1 Å². The van der Waals surface area contributed by atoms with Gasteiger partial charge < -0.3 is 14.2 Å².